The molecule has 0 heterocycles. The van der Waals surface area contributed by atoms with Crippen LogP contribution >= 0.6 is 17.0 Å². The van der Waals surface area contributed by atoms with E-state index in [9.17, 15) is 0 Å². The van der Waals surface area contributed by atoms with Gasteiger partial charge in [-0.25, -0.2) is 0 Å². The number of hydrogen-bond acceptors (Lipinski definition) is 4. The third-order valence-electron chi connectivity index (χ3n) is 9.95. The Kier molecular flexibility index (Phi) is 22.0. The van der Waals surface area contributed by atoms with Gasteiger partial charge >= 0.3 is 37.9 Å². The van der Waals surface area contributed by atoms with Crippen molar-refractivity contribution in [1.82, 2.24) is 0 Å². The third-order valence-corrected chi connectivity index (χ3v) is 9.95. The molecule has 4 aromatic carbocycles. The summed E-state index contributed by atoms with van der Waals surface area (Å²) >= 11 is -0.826. The number of rotatable bonds is 14. The van der Waals surface area contributed by atoms with Crippen LogP contribution in [0.15, 0.2) is 93.5 Å². The molecule has 57 heavy (non-hydrogen) atoms. The van der Waals surface area contributed by atoms with E-state index >= 15 is 0 Å². The first-order valence-corrected chi connectivity index (χ1v) is 26.9. The van der Waals surface area contributed by atoms with Gasteiger partial charge in [0.25, 0.3) is 0 Å². The Balaban J connectivity index is 0.000000368. The van der Waals surface area contributed by atoms with Crippen molar-refractivity contribution in [1.29, 1.82) is 0 Å². The summed E-state index contributed by atoms with van der Waals surface area (Å²) in [5, 5.41) is 17.9. The normalized spacial score (nSPS) is 11.7. The summed E-state index contributed by atoms with van der Waals surface area (Å²) in [6.45, 7) is 35.1. The van der Waals surface area contributed by atoms with Crippen LogP contribution in [-0.4, -0.2) is 0 Å². The van der Waals surface area contributed by atoms with E-state index in [0.29, 0.717) is 47.3 Å². The molecular formula is C48H68Cl2N6Zr. The van der Waals surface area contributed by atoms with Crippen molar-refractivity contribution in [3.05, 3.63) is 128 Å². The molecule has 6 nitrogen and oxygen atoms in total. The molecule has 0 bridgehead atoms. The zero-order chi connectivity index (χ0) is 43.0. The maximum absolute atomic E-state index is 4.93. The van der Waals surface area contributed by atoms with E-state index < -0.39 is 20.8 Å². The second kappa shape index (κ2) is 24.9. The van der Waals surface area contributed by atoms with Gasteiger partial charge in [-0.1, -0.05) is 184 Å². The Morgan fingerprint density at radius 2 is 0.526 bits per heavy atom. The molecule has 0 aromatic heterocycles. The Labute approximate surface area is 365 Å². The van der Waals surface area contributed by atoms with Crippen molar-refractivity contribution in [2.75, 3.05) is 0 Å². The van der Waals surface area contributed by atoms with Crippen LogP contribution in [0.1, 0.15) is 203 Å². The summed E-state index contributed by atoms with van der Waals surface area (Å²) in [7, 11) is 9.87. The molecule has 0 aliphatic carbocycles. The quantitative estimate of drug-likeness (QED) is 0.0893. The van der Waals surface area contributed by atoms with Crippen LogP contribution in [-0.2, 0) is 20.8 Å². The summed E-state index contributed by atoms with van der Waals surface area (Å²) in [4.78, 5) is 0. The van der Waals surface area contributed by atoms with Gasteiger partial charge in [0, 0.05) is 0 Å². The van der Waals surface area contributed by atoms with E-state index in [0.717, 1.165) is 22.7 Å². The molecule has 0 fully saturated rings. The average molecular weight is 891 g/mol. The molecule has 0 N–H and O–H groups in total. The summed E-state index contributed by atoms with van der Waals surface area (Å²) in [6, 6.07) is 25.6. The van der Waals surface area contributed by atoms with Crippen molar-refractivity contribution in [2.45, 2.75) is 158 Å². The van der Waals surface area contributed by atoms with Gasteiger partial charge < -0.3 is 21.1 Å². The Morgan fingerprint density at radius 1 is 0.351 bits per heavy atom. The Morgan fingerprint density at radius 3 is 0.702 bits per heavy atom. The molecule has 0 spiro atoms. The summed E-state index contributed by atoms with van der Waals surface area (Å²) in [6.07, 6.45) is 0. The minimum absolute atomic E-state index is 0.395. The standard InChI is InChI=1S/2C24H34N3.2ClH.Zr/c2*1-15(2)19-11-9-12-20(16(3)4)23(19)25-27-26-24-21(17(5)6)13-10-14-22(24)18(7)8;;;/h2*9-18H,1-8H3;2*1H;/q2*-1;;;+4/p-2. The fourth-order valence-corrected chi connectivity index (χ4v) is 6.73. The summed E-state index contributed by atoms with van der Waals surface area (Å²) in [5.41, 5.74) is 22.9. The van der Waals surface area contributed by atoms with Gasteiger partial charge in [0.1, 0.15) is 0 Å². The summed E-state index contributed by atoms with van der Waals surface area (Å²) in [5.74, 6) is 3.16. The Hall–Kier alpha value is -2.86. The van der Waals surface area contributed by atoms with Gasteiger partial charge in [0.05, 0.1) is 0 Å². The van der Waals surface area contributed by atoms with Gasteiger partial charge in [-0.15, -0.1) is 0 Å². The van der Waals surface area contributed by atoms with Crippen LogP contribution in [0.3, 0.4) is 0 Å². The zero-order valence-corrected chi connectivity index (χ0v) is 41.5. The maximum atomic E-state index is 4.93. The molecule has 0 saturated carbocycles. The van der Waals surface area contributed by atoms with Crippen LogP contribution in [0, 0.1) is 0 Å². The third kappa shape index (κ3) is 14.7. The molecule has 9 heteroatoms. The van der Waals surface area contributed by atoms with Crippen LogP contribution in [0.4, 0.5) is 22.7 Å². The zero-order valence-electron chi connectivity index (χ0n) is 37.5. The molecule has 0 radical (unpaired) electrons. The number of benzene rings is 4. The molecule has 0 saturated heterocycles. The van der Waals surface area contributed by atoms with Gasteiger partial charge in [-0.2, -0.15) is 0 Å². The van der Waals surface area contributed by atoms with Crippen molar-refractivity contribution in [3.8, 4) is 0 Å². The first-order chi connectivity index (χ1) is 26.9. The molecule has 4 aromatic rings. The van der Waals surface area contributed by atoms with E-state index in [1.54, 1.807) is 0 Å². The molecule has 4 rings (SSSR count). The predicted octanol–water partition coefficient (Wildman–Crippen LogP) is 19.1. The fourth-order valence-electron chi connectivity index (χ4n) is 6.73. The second-order valence-electron chi connectivity index (χ2n) is 17.0. The number of halogens is 2. The summed E-state index contributed by atoms with van der Waals surface area (Å²) < 4.78 is 0. The fraction of sp³-hybridized carbons (Fsp3) is 0.500. The van der Waals surface area contributed by atoms with Crippen LogP contribution in [0.5, 0.6) is 0 Å². The minimum atomic E-state index is -0.826. The molecular weight excluding hydrogens is 823 g/mol. The van der Waals surface area contributed by atoms with Gasteiger partial charge in [-0.3, -0.25) is 10.4 Å². The number of hydrogen-bond donors (Lipinski definition) is 0. The van der Waals surface area contributed by atoms with Crippen LogP contribution in [0.25, 0.3) is 10.9 Å². The van der Waals surface area contributed by atoms with Gasteiger partial charge in [-0.05, 0) is 115 Å². The molecule has 0 amide bonds. The van der Waals surface area contributed by atoms with Crippen molar-refractivity contribution >= 4 is 39.8 Å². The van der Waals surface area contributed by atoms with Crippen molar-refractivity contribution in [2.24, 2.45) is 20.7 Å². The van der Waals surface area contributed by atoms with E-state index in [-0.39, 0.29) is 0 Å². The average Bonchev–Trinajstić information content (AvgIpc) is 3.14. The van der Waals surface area contributed by atoms with E-state index in [1.807, 2.05) is 0 Å². The van der Waals surface area contributed by atoms with E-state index in [4.69, 9.17) is 17.0 Å². The van der Waals surface area contributed by atoms with Crippen molar-refractivity contribution < 1.29 is 20.8 Å². The number of nitrogens with zero attached hydrogens (tertiary/aromatic N) is 6. The van der Waals surface area contributed by atoms with Crippen molar-refractivity contribution in [3.63, 3.8) is 0 Å². The monoisotopic (exact) mass is 888 g/mol. The molecule has 0 aliphatic rings. The van der Waals surface area contributed by atoms with Crippen LogP contribution < -0.4 is 0 Å². The second-order valence-corrected chi connectivity index (χ2v) is 20.8. The first-order valence-electron chi connectivity index (χ1n) is 20.6. The van der Waals surface area contributed by atoms with Crippen LogP contribution in [0.2, 0.25) is 0 Å². The van der Waals surface area contributed by atoms with Gasteiger partial charge in [0.15, 0.2) is 0 Å². The Bertz CT molecular complexity index is 1640. The van der Waals surface area contributed by atoms with E-state index in [2.05, 4.69) is 215 Å². The predicted molar refractivity (Wildman–Crippen MR) is 245 cm³/mol. The van der Waals surface area contributed by atoms with Gasteiger partial charge in [0.2, 0.25) is 0 Å². The SMILES string of the molecule is CC(C)c1cccc(C(C)C)c1N=N[N-]c1c(C(C)C)cccc1C(C)C.CC(C)c1cccc(C(C)C)c1N=N[N-]c1c(C(C)C)cccc1C(C)C.[Cl][Zr+2][Cl]. The first kappa shape index (κ1) is 50.3. The molecule has 0 aliphatic heterocycles. The van der Waals surface area contributed by atoms with E-state index in [1.165, 1.54) is 44.5 Å². The topological polar surface area (TPSA) is 77.6 Å². The molecule has 0 atom stereocenters. The molecule has 0 unspecified atom stereocenters. The molecule has 308 valence electrons.